The van der Waals surface area contributed by atoms with Crippen LogP contribution in [0.4, 0.5) is 14.6 Å². The molecule has 0 spiro atoms. The molecule has 10 heteroatoms. The van der Waals surface area contributed by atoms with Crippen molar-refractivity contribution in [2.24, 2.45) is 0 Å². The molecule has 8 nitrogen and oxygen atoms in total. The molecule has 2 fully saturated rings. The molecule has 256 valence electrons. The lowest BCUT2D eigenvalue weighted by atomic mass is 9.91. The van der Waals surface area contributed by atoms with Crippen molar-refractivity contribution in [3.05, 3.63) is 83.4 Å². The van der Waals surface area contributed by atoms with Crippen LogP contribution in [0.3, 0.4) is 0 Å². The summed E-state index contributed by atoms with van der Waals surface area (Å²) >= 11 is 0. The van der Waals surface area contributed by atoms with Gasteiger partial charge in [-0.2, -0.15) is 9.97 Å². The fourth-order valence-corrected chi connectivity index (χ4v) is 8.03. The molecule has 2 aliphatic heterocycles. The third kappa shape index (κ3) is 5.70. The van der Waals surface area contributed by atoms with Crippen LogP contribution in [0, 0.1) is 11.6 Å². The number of ether oxygens (including phenoxy) is 4. The van der Waals surface area contributed by atoms with Crippen molar-refractivity contribution in [2.45, 2.75) is 57.7 Å². The topological polar surface area (TPSA) is 69.2 Å². The summed E-state index contributed by atoms with van der Waals surface area (Å²) in [5.41, 5.74) is 1.99. The van der Waals surface area contributed by atoms with Gasteiger partial charge < -0.3 is 23.8 Å². The van der Waals surface area contributed by atoms with E-state index in [4.69, 9.17) is 23.9 Å². The summed E-state index contributed by atoms with van der Waals surface area (Å²) in [5.74, 6) is 0.265. The Bertz CT molecular complexity index is 2020. The molecular weight excluding hydrogens is 626 g/mol. The zero-order valence-corrected chi connectivity index (χ0v) is 28.9. The Morgan fingerprint density at radius 2 is 1.59 bits per heavy atom. The van der Waals surface area contributed by atoms with E-state index in [0.29, 0.717) is 42.0 Å². The van der Waals surface area contributed by atoms with Crippen molar-refractivity contribution in [1.29, 1.82) is 0 Å². The molecule has 2 bridgehead atoms. The van der Waals surface area contributed by atoms with Crippen LogP contribution in [0.1, 0.15) is 44.7 Å². The fraction of sp³-hybridized carbons (Fsp3) is 0.385. The number of methoxy groups -OCH3 is 3. The Labute approximate surface area is 285 Å². The second kappa shape index (κ2) is 12.7. The zero-order valence-electron chi connectivity index (χ0n) is 28.9. The number of aryl methyl sites for hydroxylation is 1. The highest BCUT2D eigenvalue weighted by Gasteiger charge is 2.55. The maximum atomic E-state index is 17.0. The third-order valence-electron chi connectivity index (χ3n) is 10.4. The molecule has 2 atom stereocenters. The lowest BCUT2D eigenvalue weighted by Crippen LogP contribution is -2.65. The summed E-state index contributed by atoms with van der Waals surface area (Å²) in [6, 6.07) is 19.0. The predicted molar refractivity (Wildman–Crippen MR) is 188 cm³/mol. The van der Waals surface area contributed by atoms with Crippen molar-refractivity contribution < 1.29 is 27.7 Å². The summed E-state index contributed by atoms with van der Waals surface area (Å²) in [6.45, 7) is 8.60. The summed E-state index contributed by atoms with van der Waals surface area (Å²) in [7, 11) is 4.66. The van der Waals surface area contributed by atoms with Crippen LogP contribution >= 0.6 is 0 Å². The molecule has 3 heterocycles. The van der Waals surface area contributed by atoms with Crippen LogP contribution in [0.25, 0.3) is 32.8 Å². The number of anilines is 1. The third-order valence-corrected chi connectivity index (χ3v) is 10.4. The number of piperazine rings is 1. The molecule has 0 aliphatic carbocycles. The van der Waals surface area contributed by atoms with Gasteiger partial charge >= 0.3 is 6.01 Å². The Morgan fingerprint density at radius 1 is 0.857 bits per heavy atom. The fourth-order valence-electron chi connectivity index (χ4n) is 8.03. The first-order valence-corrected chi connectivity index (χ1v) is 16.7. The Morgan fingerprint density at radius 3 is 2.24 bits per heavy atom. The van der Waals surface area contributed by atoms with Gasteiger partial charge in [0.1, 0.15) is 28.7 Å². The van der Waals surface area contributed by atoms with Crippen molar-refractivity contribution in [3.8, 4) is 28.6 Å². The van der Waals surface area contributed by atoms with Crippen LogP contribution in [0.2, 0.25) is 0 Å². The maximum absolute atomic E-state index is 17.0. The standard InChI is InChI=1S/C39H42F2N4O4/c1-7-25-9-8-10-26-17-28(49-23-46-4)18-29(32(25)26)33-31(40)19-30-35(34(33)41)42-37(48-6)43-36(30)44-21-38(2)15-16-39(3,22-44)45(38)20-24-11-13-27(47-5)14-12-24/h8-14,17-19H,7,15-16,20-23H2,1-6H3. The lowest BCUT2D eigenvalue weighted by molar-refractivity contribution is 0.0301. The van der Waals surface area contributed by atoms with Crippen LogP contribution in [-0.4, -0.2) is 67.2 Å². The molecule has 49 heavy (non-hydrogen) atoms. The van der Waals surface area contributed by atoms with Gasteiger partial charge in [0, 0.05) is 43.2 Å². The number of benzene rings is 4. The molecule has 0 amide bonds. The van der Waals surface area contributed by atoms with Crippen molar-refractivity contribution in [1.82, 2.24) is 14.9 Å². The zero-order chi connectivity index (χ0) is 34.5. The van der Waals surface area contributed by atoms with Crippen LogP contribution < -0.4 is 19.1 Å². The van der Waals surface area contributed by atoms with Crippen molar-refractivity contribution in [2.75, 3.05) is 46.1 Å². The second-order valence-electron chi connectivity index (χ2n) is 13.7. The summed E-state index contributed by atoms with van der Waals surface area (Å²) in [4.78, 5) is 13.9. The van der Waals surface area contributed by atoms with E-state index in [1.807, 2.05) is 43.3 Å². The number of hydrogen-bond acceptors (Lipinski definition) is 8. The molecule has 1 aromatic heterocycles. The first kappa shape index (κ1) is 33.0. The average molecular weight is 669 g/mol. The molecule has 2 aliphatic rings. The highest BCUT2D eigenvalue weighted by molar-refractivity contribution is 6.03. The van der Waals surface area contributed by atoms with E-state index in [1.165, 1.54) is 25.8 Å². The Hall–Kier alpha value is -4.54. The van der Waals surface area contributed by atoms with Gasteiger partial charge in [-0.05, 0) is 90.9 Å². The minimum atomic E-state index is -0.772. The van der Waals surface area contributed by atoms with E-state index in [1.54, 1.807) is 13.2 Å². The number of halogens is 2. The number of fused-ring (bicyclic) bond motifs is 4. The Balaban J connectivity index is 1.34. The van der Waals surface area contributed by atoms with Crippen LogP contribution in [0.5, 0.6) is 17.5 Å². The minimum absolute atomic E-state index is 0.0000821. The SMILES string of the molecule is CCc1cccc2cc(OCOC)cc(-c3c(F)cc4c(N5CC6(C)CCC(C)(C5)N6Cc5ccc(OC)cc5)nc(OC)nc4c3F)c12. The van der Waals surface area contributed by atoms with E-state index >= 15 is 8.78 Å². The molecule has 0 radical (unpaired) electrons. The highest BCUT2D eigenvalue weighted by Crippen LogP contribution is 2.49. The molecule has 5 aromatic rings. The number of rotatable bonds is 10. The van der Waals surface area contributed by atoms with E-state index in [9.17, 15) is 0 Å². The molecule has 2 saturated heterocycles. The van der Waals surface area contributed by atoms with Crippen LogP contribution in [0.15, 0.2) is 60.7 Å². The van der Waals surface area contributed by atoms with E-state index < -0.39 is 11.6 Å². The van der Waals surface area contributed by atoms with Crippen molar-refractivity contribution >= 4 is 27.5 Å². The largest absolute Gasteiger partial charge is 0.497 e. The van der Waals surface area contributed by atoms with Crippen molar-refractivity contribution in [3.63, 3.8) is 0 Å². The van der Waals surface area contributed by atoms with Gasteiger partial charge in [-0.3, -0.25) is 4.90 Å². The van der Waals surface area contributed by atoms with Gasteiger partial charge in [-0.1, -0.05) is 37.3 Å². The quantitative estimate of drug-likeness (QED) is 0.139. The predicted octanol–water partition coefficient (Wildman–Crippen LogP) is 7.92. The maximum Gasteiger partial charge on any atom is 0.318 e. The van der Waals surface area contributed by atoms with Gasteiger partial charge in [-0.15, -0.1) is 0 Å². The molecule has 0 saturated carbocycles. The van der Waals surface area contributed by atoms with E-state index in [2.05, 4.69) is 40.8 Å². The van der Waals surface area contributed by atoms with Crippen LogP contribution in [-0.2, 0) is 17.7 Å². The normalized spacial score (nSPS) is 20.7. The highest BCUT2D eigenvalue weighted by atomic mass is 19.1. The summed E-state index contributed by atoms with van der Waals surface area (Å²) < 4.78 is 55.4. The molecule has 2 unspecified atom stereocenters. The average Bonchev–Trinajstić information content (AvgIpc) is 3.24. The first-order valence-electron chi connectivity index (χ1n) is 16.7. The smallest absolute Gasteiger partial charge is 0.318 e. The molecular formula is C39H42F2N4O4. The summed E-state index contributed by atoms with van der Waals surface area (Å²) in [5, 5.41) is 1.88. The molecule has 7 rings (SSSR count). The molecule has 0 N–H and O–H groups in total. The second-order valence-corrected chi connectivity index (χ2v) is 13.7. The monoisotopic (exact) mass is 668 g/mol. The summed E-state index contributed by atoms with van der Waals surface area (Å²) in [6.07, 6.45) is 2.65. The van der Waals surface area contributed by atoms with E-state index in [-0.39, 0.29) is 35.0 Å². The van der Waals surface area contributed by atoms with Gasteiger partial charge in [0.2, 0.25) is 0 Å². The number of nitrogens with zero attached hydrogens (tertiary/aromatic N) is 4. The first-order chi connectivity index (χ1) is 23.6. The Kier molecular flexibility index (Phi) is 8.57. The number of aromatic nitrogens is 2. The van der Waals surface area contributed by atoms with E-state index in [0.717, 1.165) is 41.5 Å². The van der Waals surface area contributed by atoms with Gasteiger partial charge in [0.25, 0.3) is 0 Å². The minimum Gasteiger partial charge on any atom is -0.497 e. The number of hydrogen-bond donors (Lipinski definition) is 0. The van der Waals surface area contributed by atoms with Gasteiger partial charge in [-0.25, -0.2) is 8.78 Å². The van der Waals surface area contributed by atoms with Gasteiger partial charge in [0.15, 0.2) is 12.6 Å². The lowest BCUT2D eigenvalue weighted by Gasteiger charge is -2.53. The molecule has 4 aromatic carbocycles. The van der Waals surface area contributed by atoms with Gasteiger partial charge in [0.05, 0.1) is 19.8 Å².